The van der Waals surface area contributed by atoms with Crippen LogP contribution in [0.1, 0.15) is 10.4 Å². The van der Waals surface area contributed by atoms with Gasteiger partial charge in [-0.15, -0.1) is 0 Å². The molecule has 0 unspecified atom stereocenters. The molecule has 2 rings (SSSR count). The molecule has 0 N–H and O–H groups in total. The summed E-state index contributed by atoms with van der Waals surface area (Å²) in [5.74, 6) is -0.189. The van der Waals surface area contributed by atoms with E-state index in [1.807, 2.05) is 48.5 Å². The Hall–Kier alpha value is -1.15. The monoisotopic (exact) mass is 400 g/mol. The van der Waals surface area contributed by atoms with Gasteiger partial charge in [0, 0.05) is 0 Å². The molecule has 2 nitrogen and oxygen atoms in total. The van der Waals surface area contributed by atoms with Crippen LogP contribution in [0.25, 0.3) is 0 Å². The molecule has 2 aromatic carbocycles. The van der Waals surface area contributed by atoms with Crippen LogP contribution in [0.5, 0.6) is 0 Å². The SMILES string of the molecule is O=C([O][Hg][c]1ccccc1)c1ccccc1. The third kappa shape index (κ3) is 3.17. The first-order chi connectivity index (χ1) is 7.86. The van der Waals surface area contributed by atoms with E-state index in [2.05, 4.69) is 0 Å². The molecule has 0 bridgehead atoms. The normalized spacial score (nSPS) is 9.25. The van der Waals surface area contributed by atoms with Crippen LogP contribution in [-0.2, 0) is 27.7 Å². The van der Waals surface area contributed by atoms with E-state index in [-0.39, 0.29) is 5.97 Å². The molecule has 0 aliphatic carbocycles. The van der Waals surface area contributed by atoms with Crippen molar-refractivity contribution in [3.63, 3.8) is 0 Å². The number of carbonyl (C=O) groups excluding carboxylic acids is 1. The second kappa shape index (κ2) is 5.80. The summed E-state index contributed by atoms with van der Waals surface area (Å²) in [4.78, 5) is 11.7. The zero-order valence-corrected chi connectivity index (χ0v) is 14.3. The van der Waals surface area contributed by atoms with Gasteiger partial charge in [-0.2, -0.15) is 0 Å². The van der Waals surface area contributed by atoms with Crippen LogP contribution in [0.2, 0.25) is 0 Å². The summed E-state index contributed by atoms with van der Waals surface area (Å²) in [6.45, 7) is 0. The third-order valence-corrected chi connectivity index (χ3v) is 6.93. The van der Waals surface area contributed by atoms with E-state index in [9.17, 15) is 4.79 Å². The molecule has 0 saturated carbocycles. The standard InChI is InChI=1S/C7H6O2.C6H5.Hg/c8-7(9)6-4-2-1-3-5-6;1-2-4-6-5-3-1;/h1-5H,(H,8,9);1-5H;/q;;+1/p-1. The van der Waals surface area contributed by atoms with Crippen molar-refractivity contribution in [1.29, 1.82) is 0 Å². The fraction of sp³-hybridized carbons (Fsp3) is 0. The molecule has 76 valence electrons. The zero-order chi connectivity index (χ0) is 11.2. The molecular formula is C13H10HgO2. The van der Waals surface area contributed by atoms with Crippen molar-refractivity contribution in [2.75, 3.05) is 0 Å². The summed E-state index contributed by atoms with van der Waals surface area (Å²) < 4.78 is 6.61. The summed E-state index contributed by atoms with van der Waals surface area (Å²) in [5, 5.41) is 0. The van der Waals surface area contributed by atoms with Crippen LogP contribution in [0.4, 0.5) is 0 Å². The summed E-state index contributed by atoms with van der Waals surface area (Å²) in [5.41, 5.74) is 0.637. The van der Waals surface area contributed by atoms with Gasteiger partial charge in [-0.25, -0.2) is 0 Å². The summed E-state index contributed by atoms with van der Waals surface area (Å²) >= 11 is -1.71. The third-order valence-electron chi connectivity index (χ3n) is 2.22. The van der Waals surface area contributed by atoms with Gasteiger partial charge in [-0.3, -0.25) is 0 Å². The quantitative estimate of drug-likeness (QED) is 0.741. The minimum absolute atomic E-state index is 0.189. The Morgan fingerprint density at radius 1 is 0.875 bits per heavy atom. The summed E-state index contributed by atoms with van der Waals surface area (Å²) in [6.07, 6.45) is 0. The Kier molecular flexibility index (Phi) is 4.11. The minimum atomic E-state index is -1.71. The Labute approximate surface area is 107 Å². The number of rotatable bonds is 3. The molecule has 0 aliphatic rings. The molecule has 3 heteroatoms. The molecule has 0 spiro atoms. The van der Waals surface area contributed by atoms with Crippen LogP contribution in [0, 0.1) is 0 Å². The molecular weight excluding hydrogens is 389 g/mol. The summed E-state index contributed by atoms with van der Waals surface area (Å²) in [7, 11) is 0. The van der Waals surface area contributed by atoms with Gasteiger partial charge in [0.1, 0.15) is 0 Å². The maximum atomic E-state index is 11.7. The van der Waals surface area contributed by atoms with Crippen molar-refractivity contribution >= 4 is 9.04 Å². The van der Waals surface area contributed by atoms with E-state index in [0.29, 0.717) is 5.56 Å². The van der Waals surface area contributed by atoms with Gasteiger partial charge in [0.25, 0.3) is 0 Å². The Morgan fingerprint density at radius 2 is 1.44 bits per heavy atom. The predicted octanol–water partition coefficient (Wildman–Crippen LogP) is 2.17. The van der Waals surface area contributed by atoms with Crippen LogP contribution in [-0.4, -0.2) is 5.97 Å². The van der Waals surface area contributed by atoms with E-state index in [0.717, 1.165) is 0 Å². The Balaban J connectivity index is 1.95. The molecule has 0 amide bonds. The van der Waals surface area contributed by atoms with Gasteiger partial charge in [0.15, 0.2) is 0 Å². The molecule has 0 fully saturated rings. The first kappa shape index (κ1) is 11.3. The van der Waals surface area contributed by atoms with Gasteiger partial charge < -0.3 is 0 Å². The Morgan fingerprint density at radius 3 is 2.06 bits per heavy atom. The van der Waals surface area contributed by atoms with Crippen LogP contribution in [0.3, 0.4) is 0 Å². The number of hydrogen-bond donors (Lipinski definition) is 0. The van der Waals surface area contributed by atoms with Crippen molar-refractivity contribution in [2.45, 2.75) is 0 Å². The van der Waals surface area contributed by atoms with Gasteiger partial charge in [0.05, 0.1) is 0 Å². The van der Waals surface area contributed by atoms with Crippen molar-refractivity contribution in [3.05, 3.63) is 66.2 Å². The van der Waals surface area contributed by atoms with E-state index in [1.54, 1.807) is 12.1 Å². The van der Waals surface area contributed by atoms with Gasteiger partial charge in [-0.1, -0.05) is 0 Å². The molecule has 0 heterocycles. The first-order valence-corrected chi connectivity index (χ1v) is 10.1. The zero-order valence-electron chi connectivity index (χ0n) is 8.80. The molecule has 0 aromatic heterocycles. The first-order valence-electron chi connectivity index (χ1n) is 5.12. The van der Waals surface area contributed by atoms with Crippen molar-refractivity contribution in [2.24, 2.45) is 0 Å². The fourth-order valence-electron chi connectivity index (χ4n) is 1.38. The molecule has 2 aromatic rings. The molecule has 0 radical (unpaired) electrons. The van der Waals surface area contributed by atoms with Crippen LogP contribution >= 0.6 is 0 Å². The molecule has 0 aliphatic heterocycles. The van der Waals surface area contributed by atoms with Gasteiger partial charge in [0.2, 0.25) is 0 Å². The van der Waals surface area contributed by atoms with Gasteiger partial charge >= 0.3 is 108 Å². The van der Waals surface area contributed by atoms with Gasteiger partial charge in [-0.05, 0) is 0 Å². The van der Waals surface area contributed by atoms with E-state index in [1.165, 1.54) is 3.07 Å². The number of benzene rings is 2. The van der Waals surface area contributed by atoms with E-state index >= 15 is 0 Å². The Bertz CT molecular complexity index is 454. The molecule has 0 saturated heterocycles. The average Bonchev–Trinajstić information content (AvgIpc) is 2.38. The van der Waals surface area contributed by atoms with Crippen molar-refractivity contribution in [3.8, 4) is 0 Å². The average molecular weight is 399 g/mol. The maximum absolute atomic E-state index is 11.7. The van der Waals surface area contributed by atoms with Crippen LogP contribution in [0.15, 0.2) is 60.7 Å². The molecule has 16 heavy (non-hydrogen) atoms. The number of carbonyl (C=O) groups is 1. The van der Waals surface area contributed by atoms with E-state index in [4.69, 9.17) is 2.64 Å². The second-order valence-corrected chi connectivity index (χ2v) is 8.85. The summed E-state index contributed by atoms with van der Waals surface area (Å²) in [6, 6.07) is 19.1. The van der Waals surface area contributed by atoms with Crippen molar-refractivity contribution < 1.29 is 32.5 Å². The predicted molar refractivity (Wildman–Crippen MR) is 57.9 cm³/mol. The van der Waals surface area contributed by atoms with E-state index < -0.39 is 25.0 Å². The van der Waals surface area contributed by atoms with Crippen LogP contribution < -0.4 is 3.07 Å². The topological polar surface area (TPSA) is 26.3 Å². The van der Waals surface area contributed by atoms with Crippen molar-refractivity contribution in [1.82, 2.24) is 0 Å². The second-order valence-electron chi connectivity index (χ2n) is 3.43. The number of hydrogen-bond acceptors (Lipinski definition) is 2. The molecule has 0 atom stereocenters. The fourth-order valence-corrected chi connectivity index (χ4v) is 4.99.